The van der Waals surface area contributed by atoms with Crippen LogP contribution in [0.4, 0.5) is 5.69 Å². The van der Waals surface area contributed by atoms with Crippen molar-refractivity contribution in [2.24, 2.45) is 0 Å². The molecule has 1 fully saturated rings. The summed E-state index contributed by atoms with van der Waals surface area (Å²) in [6.07, 6.45) is 4.25. The number of carbonyl (C=O) groups excluding carboxylic acids is 1. The van der Waals surface area contributed by atoms with Crippen molar-refractivity contribution in [2.75, 3.05) is 32.6 Å². The highest BCUT2D eigenvalue weighted by Gasteiger charge is 2.32. The number of nitrogens with zero attached hydrogens (tertiary/aromatic N) is 1. The first-order valence-electron chi connectivity index (χ1n) is 7.96. The number of hydrogen-bond acceptors (Lipinski definition) is 4. The van der Waals surface area contributed by atoms with Crippen molar-refractivity contribution in [1.82, 2.24) is 4.90 Å². The third kappa shape index (κ3) is 5.37. The Morgan fingerprint density at radius 1 is 1.43 bits per heavy atom. The number of rotatable bonds is 7. The first kappa shape index (κ1) is 18.0. The minimum absolute atomic E-state index is 0.0727. The maximum Gasteiger partial charge on any atom is 0.225 e. The molecule has 0 aliphatic heterocycles. The van der Waals surface area contributed by atoms with Gasteiger partial charge in [-0.05, 0) is 38.1 Å². The van der Waals surface area contributed by atoms with Crippen LogP contribution in [0, 0.1) is 0 Å². The van der Waals surface area contributed by atoms with Crippen molar-refractivity contribution in [1.29, 1.82) is 0 Å². The Morgan fingerprint density at radius 3 is 2.74 bits per heavy atom. The number of aliphatic hydroxyl groups is 1. The van der Waals surface area contributed by atoms with Gasteiger partial charge in [-0.3, -0.25) is 4.79 Å². The topological polar surface area (TPSA) is 61.8 Å². The van der Waals surface area contributed by atoms with Gasteiger partial charge < -0.3 is 20.1 Å². The van der Waals surface area contributed by atoms with Gasteiger partial charge in [0.25, 0.3) is 0 Å². The summed E-state index contributed by atoms with van der Waals surface area (Å²) in [6.45, 7) is 1.23. The average Bonchev–Trinajstić information content (AvgIpc) is 2.91. The third-order valence-corrected chi connectivity index (χ3v) is 4.55. The molecule has 6 heteroatoms. The van der Waals surface area contributed by atoms with Gasteiger partial charge in [-0.25, -0.2) is 0 Å². The largest absolute Gasteiger partial charge is 0.495 e. The minimum atomic E-state index is -0.575. The van der Waals surface area contributed by atoms with Crippen LogP contribution in [-0.4, -0.2) is 48.8 Å². The average molecular weight is 341 g/mol. The number of benzene rings is 1. The van der Waals surface area contributed by atoms with E-state index in [1.54, 1.807) is 25.3 Å². The Morgan fingerprint density at radius 2 is 2.13 bits per heavy atom. The van der Waals surface area contributed by atoms with Crippen molar-refractivity contribution in [3.05, 3.63) is 23.2 Å². The van der Waals surface area contributed by atoms with E-state index in [1.807, 2.05) is 11.9 Å². The third-order valence-electron chi connectivity index (χ3n) is 4.25. The van der Waals surface area contributed by atoms with E-state index >= 15 is 0 Å². The number of carbonyl (C=O) groups is 1. The number of nitrogens with one attached hydrogen (secondary N) is 1. The Labute approximate surface area is 142 Å². The van der Waals surface area contributed by atoms with Crippen LogP contribution < -0.4 is 10.1 Å². The number of likely N-dealkylation sites (N-methyl/N-ethyl adjacent to an activating group) is 1. The van der Waals surface area contributed by atoms with Gasteiger partial charge in [0.2, 0.25) is 5.91 Å². The Kier molecular flexibility index (Phi) is 6.27. The van der Waals surface area contributed by atoms with E-state index in [0.29, 0.717) is 36.0 Å². The molecule has 0 heterocycles. The van der Waals surface area contributed by atoms with Crippen molar-refractivity contribution in [2.45, 2.75) is 37.7 Å². The molecule has 1 amide bonds. The summed E-state index contributed by atoms with van der Waals surface area (Å²) in [6, 6.07) is 5.15. The van der Waals surface area contributed by atoms with Gasteiger partial charge in [-0.1, -0.05) is 24.4 Å². The van der Waals surface area contributed by atoms with Crippen LogP contribution in [0.25, 0.3) is 0 Å². The lowest BCUT2D eigenvalue weighted by Crippen LogP contribution is -2.40. The molecule has 1 aromatic rings. The summed E-state index contributed by atoms with van der Waals surface area (Å²) in [5.41, 5.74) is 0.0761. The lowest BCUT2D eigenvalue weighted by Gasteiger charge is -2.28. The molecule has 0 saturated heterocycles. The predicted molar refractivity (Wildman–Crippen MR) is 92.2 cm³/mol. The summed E-state index contributed by atoms with van der Waals surface area (Å²) < 4.78 is 5.08. The van der Waals surface area contributed by atoms with Crippen molar-refractivity contribution < 1.29 is 14.6 Å². The number of ether oxygens (including phenoxy) is 1. The summed E-state index contributed by atoms with van der Waals surface area (Å²) in [5, 5.41) is 13.7. The lowest BCUT2D eigenvalue weighted by atomic mass is 10.0. The normalized spacial score (nSPS) is 16.6. The van der Waals surface area contributed by atoms with E-state index in [2.05, 4.69) is 5.32 Å². The molecule has 1 aliphatic rings. The van der Waals surface area contributed by atoms with E-state index in [4.69, 9.17) is 16.3 Å². The second-order valence-corrected chi connectivity index (χ2v) is 6.72. The molecule has 2 N–H and O–H groups in total. The van der Waals surface area contributed by atoms with Crippen LogP contribution >= 0.6 is 11.6 Å². The Balaban J connectivity index is 1.77. The maximum atomic E-state index is 12.0. The molecule has 0 bridgehead atoms. The molecule has 0 unspecified atom stereocenters. The van der Waals surface area contributed by atoms with Gasteiger partial charge in [0.15, 0.2) is 0 Å². The van der Waals surface area contributed by atoms with E-state index in [-0.39, 0.29) is 5.91 Å². The zero-order valence-corrected chi connectivity index (χ0v) is 14.5. The molecule has 0 atom stereocenters. The van der Waals surface area contributed by atoms with Gasteiger partial charge >= 0.3 is 0 Å². The molecule has 1 aliphatic carbocycles. The summed E-state index contributed by atoms with van der Waals surface area (Å²) in [4.78, 5) is 14.0. The smallest absolute Gasteiger partial charge is 0.225 e. The van der Waals surface area contributed by atoms with Gasteiger partial charge in [-0.15, -0.1) is 0 Å². The molecule has 2 rings (SSSR count). The van der Waals surface area contributed by atoms with Crippen LogP contribution in [0.3, 0.4) is 0 Å². The highest BCUT2D eigenvalue weighted by molar-refractivity contribution is 6.32. The SMILES string of the molecule is COc1ccc(NC(=O)CCN(C)CC2(O)CCCC2)cc1Cl. The molecule has 1 saturated carbocycles. The van der Waals surface area contributed by atoms with Gasteiger partial charge in [-0.2, -0.15) is 0 Å². The molecule has 5 nitrogen and oxygen atoms in total. The molecule has 0 aromatic heterocycles. The standard InChI is InChI=1S/C17H25ClN2O3/c1-20(12-17(22)8-3-4-9-17)10-7-16(21)19-13-5-6-15(23-2)14(18)11-13/h5-6,11,22H,3-4,7-10,12H2,1-2H3,(H,19,21). The Bertz CT molecular complexity index is 545. The zero-order valence-electron chi connectivity index (χ0n) is 13.8. The summed E-state index contributed by atoms with van der Waals surface area (Å²) in [7, 11) is 3.49. The van der Waals surface area contributed by atoms with Crippen LogP contribution in [0.15, 0.2) is 18.2 Å². The number of halogens is 1. The van der Waals surface area contributed by atoms with E-state index in [1.165, 1.54) is 0 Å². The molecular formula is C17H25ClN2O3. The van der Waals surface area contributed by atoms with Gasteiger partial charge in [0.05, 0.1) is 17.7 Å². The van der Waals surface area contributed by atoms with Crippen LogP contribution in [0.5, 0.6) is 5.75 Å². The molecule has 0 radical (unpaired) electrons. The van der Waals surface area contributed by atoms with E-state index < -0.39 is 5.60 Å². The predicted octanol–water partition coefficient (Wildman–Crippen LogP) is 2.91. The number of amides is 1. The lowest BCUT2D eigenvalue weighted by molar-refractivity contribution is -0.116. The fourth-order valence-corrected chi connectivity index (χ4v) is 3.29. The van der Waals surface area contributed by atoms with Crippen molar-refractivity contribution in [3.63, 3.8) is 0 Å². The Hall–Kier alpha value is -1.30. The fraction of sp³-hybridized carbons (Fsp3) is 0.588. The first-order valence-corrected chi connectivity index (χ1v) is 8.34. The molecular weight excluding hydrogens is 316 g/mol. The molecule has 1 aromatic carbocycles. The number of methoxy groups -OCH3 is 1. The maximum absolute atomic E-state index is 12.0. The molecule has 0 spiro atoms. The summed E-state index contributed by atoms with van der Waals surface area (Å²) >= 11 is 6.04. The zero-order chi connectivity index (χ0) is 16.9. The van der Waals surface area contributed by atoms with Gasteiger partial charge in [0, 0.05) is 25.2 Å². The second kappa shape index (κ2) is 7.99. The second-order valence-electron chi connectivity index (χ2n) is 6.32. The fourth-order valence-electron chi connectivity index (χ4n) is 3.03. The minimum Gasteiger partial charge on any atom is -0.495 e. The monoisotopic (exact) mass is 340 g/mol. The molecule has 128 valence electrons. The first-order chi connectivity index (χ1) is 10.9. The number of hydrogen-bond donors (Lipinski definition) is 2. The van der Waals surface area contributed by atoms with Gasteiger partial charge in [0.1, 0.15) is 5.75 Å². The quantitative estimate of drug-likeness (QED) is 0.801. The highest BCUT2D eigenvalue weighted by atomic mass is 35.5. The van der Waals surface area contributed by atoms with E-state index in [9.17, 15) is 9.90 Å². The van der Waals surface area contributed by atoms with Crippen molar-refractivity contribution >= 4 is 23.2 Å². The van der Waals surface area contributed by atoms with Crippen LogP contribution in [0.1, 0.15) is 32.1 Å². The summed E-state index contributed by atoms with van der Waals surface area (Å²) in [5.74, 6) is 0.505. The molecule has 23 heavy (non-hydrogen) atoms. The number of anilines is 1. The highest BCUT2D eigenvalue weighted by Crippen LogP contribution is 2.30. The van der Waals surface area contributed by atoms with Crippen LogP contribution in [-0.2, 0) is 4.79 Å². The van der Waals surface area contributed by atoms with Crippen LogP contribution in [0.2, 0.25) is 5.02 Å². The van der Waals surface area contributed by atoms with Crippen molar-refractivity contribution in [3.8, 4) is 5.75 Å². The van der Waals surface area contributed by atoms with E-state index in [0.717, 1.165) is 25.7 Å².